The van der Waals surface area contributed by atoms with E-state index >= 15 is 4.39 Å². The Morgan fingerprint density at radius 1 is 0.951 bits per heavy atom. The minimum atomic E-state index is -4.32. The van der Waals surface area contributed by atoms with Crippen LogP contribution in [0.25, 0.3) is 0 Å². The topological polar surface area (TPSA) is 86.8 Å². The quantitative estimate of drug-likeness (QED) is 0.318. The minimum absolute atomic E-state index is 0.0546. The zero-order valence-corrected chi connectivity index (χ0v) is 24.4. The van der Waals surface area contributed by atoms with Gasteiger partial charge in [-0.3, -0.25) is 13.9 Å². The van der Waals surface area contributed by atoms with Gasteiger partial charge >= 0.3 is 0 Å². The molecule has 3 aromatic carbocycles. The number of nitrogens with one attached hydrogen (secondary N) is 1. The van der Waals surface area contributed by atoms with E-state index in [1.165, 1.54) is 35.2 Å². The second-order valence-electron chi connectivity index (χ2n) is 10.5. The molecule has 2 amide bonds. The van der Waals surface area contributed by atoms with Crippen LogP contribution in [0.1, 0.15) is 50.2 Å². The summed E-state index contributed by atoms with van der Waals surface area (Å²) in [5.41, 5.74) is 1.62. The third-order valence-electron chi connectivity index (χ3n) is 7.58. The number of halogens is 1. The van der Waals surface area contributed by atoms with Gasteiger partial charge in [0.05, 0.1) is 10.6 Å². The average Bonchev–Trinajstić information content (AvgIpc) is 3.48. The molecule has 9 heteroatoms. The van der Waals surface area contributed by atoms with Gasteiger partial charge in [0.2, 0.25) is 11.8 Å². The van der Waals surface area contributed by atoms with Crippen molar-refractivity contribution in [3.05, 3.63) is 95.8 Å². The number of carbonyl (C=O) groups excluding carboxylic acids is 2. The molecule has 3 aromatic rings. The first kappa shape index (κ1) is 30.2. The zero-order chi connectivity index (χ0) is 29.4. The standard InChI is InChI=1S/C32H38FN3O4S/c1-3-29(32(38)34-26-13-7-8-14-26)35(22-21-25-11-5-4-6-12-25)31(37)23-36(30-16-10-9-15-28(30)33)41(39,40)27-19-17-24(2)18-20-27/h4-6,9-12,15-20,26,29H,3,7-8,13-14,21-23H2,1-2H3,(H,34,38). The molecule has 1 aliphatic carbocycles. The molecule has 0 spiro atoms. The number of sulfonamides is 1. The number of benzene rings is 3. The summed E-state index contributed by atoms with van der Waals surface area (Å²) in [6.07, 6.45) is 4.72. The maximum absolute atomic E-state index is 15.1. The van der Waals surface area contributed by atoms with E-state index in [1.54, 1.807) is 12.1 Å². The van der Waals surface area contributed by atoms with E-state index in [1.807, 2.05) is 44.2 Å². The SMILES string of the molecule is CCC(C(=O)NC1CCCC1)N(CCc1ccccc1)C(=O)CN(c1ccccc1F)S(=O)(=O)c1ccc(C)cc1. The summed E-state index contributed by atoms with van der Waals surface area (Å²) in [6.45, 7) is 3.22. The van der Waals surface area contributed by atoms with E-state index in [2.05, 4.69) is 5.32 Å². The fraction of sp³-hybridized carbons (Fsp3) is 0.375. The van der Waals surface area contributed by atoms with Crippen molar-refractivity contribution >= 4 is 27.5 Å². The van der Waals surface area contributed by atoms with Crippen molar-refractivity contribution in [3.63, 3.8) is 0 Å². The number of hydrogen-bond donors (Lipinski definition) is 1. The summed E-state index contributed by atoms with van der Waals surface area (Å²) in [4.78, 5) is 28.9. The number of amides is 2. The number of anilines is 1. The summed E-state index contributed by atoms with van der Waals surface area (Å²) >= 11 is 0. The smallest absolute Gasteiger partial charge is 0.264 e. The lowest BCUT2D eigenvalue weighted by Crippen LogP contribution is -2.54. The van der Waals surface area contributed by atoms with Crippen molar-refractivity contribution in [1.82, 2.24) is 10.2 Å². The number of carbonyl (C=O) groups is 2. The molecule has 4 rings (SSSR count). The number of aryl methyl sites for hydroxylation is 1. The van der Waals surface area contributed by atoms with Crippen LogP contribution in [0, 0.1) is 12.7 Å². The molecule has 1 aliphatic rings. The fourth-order valence-corrected chi connectivity index (χ4v) is 6.69. The van der Waals surface area contributed by atoms with E-state index in [9.17, 15) is 18.0 Å². The van der Waals surface area contributed by atoms with Crippen molar-refractivity contribution in [1.29, 1.82) is 0 Å². The highest BCUT2D eigenvalue weighted by atomic mass is 32.2. The minimum Gasteiger partial charge on any atom is -0.352 e. The van der Waals surface area contributed by atoms with Crippen molar-refractivity contribution < 1.29 is 22.4 Å². The number of nitrogens with zero attached hydrogens (tertiary/aromatic N) is 2. The molecule has 0 bridgehead atoms. The molecule has 0 aromatic heterocycles. The highest BCUT2D eigenvalue weighted by molar-refractivity contribution is 7.92. The Bertz CT molecular complexity index is 1420. The van der Waals surface area contributed by atoms with Crippen LogP contribution in [-0.4, -0.2) is 50.3 Å². The molecule has 41 heavy (non-hydrogen) atoms. The molecule has 1 fully saturated rings. The van der Waals surface area contributed by atoms with Crippen LogP contribution in [0.3, 0.4) is 0 Å². The van der Waals surface area contributed by atoms with Gasteiger partial charge in [0, 0.05) is 12.6 Å². The zero-order valence-electron chi connectivity index (χ0n) is 23.6. The molecule has 1 unspecified atom stereocenters. The highest BCUT2D eigenvalue weighted by Gasteiger charge is 2.35. The van der Waals surface area contributed by atoms with E-state index < -0.39 is 34.3 Å². The first-order valence-corrected chi connectivity index (χ1v) is 15.6. The van der Waals surface area contributed by atoms with Crippen LogP contribution in [0.2, 0.25) is 0 Å². The molecule has 0 radical (unpaired) electrons. The Kier molecular flexibility index (Phi) is 10.2. The first-order valence-electron chi connectivity index (χ1n) is 14.2. The van der Waals surface area contributed by atoms with Crippen LogP contribution >= 0.6 is 0 Å². The third-order valence-corrected chi connectivity index (χ3v) is 9.35. The molecule has 1 saturated carbocycles. The Morgan fingerprint density at radius 3 is 2.22 bits per heavy atom. The Labute approximate surface area is 242 Å². The monoisotopic (exact) mass is 579 g/mol. The molecule has 0 aliphatic heterocycles. The molecule has 0 saturated heterocycles. The Morgan fingerprint density at radius 2 is 1.59 bits per heavy atom. The second-order valence-corrected chi connectivity index (χ2v) is 12.4. The van der Waals surface area contributed by atoms with Crippen LogP contribution in [0.15, 0.2) is 83.8 Å². The largest absolute Gasteiger partial charge is 0.352 e. The highest BCUT2D eigenvalue weighted by Crippen LogP contribution is 2.27. The van der Waals surface area contributed by atoms with Gasteiger partial charge < -0.3 is 10.2 Å². The van der Waals surface area contributed by atoms with E-state index in [4.69, 9.17) is 0 Å². The lowest BCUT2D eigenvalue weighted by atomic mass is 10.1. The number of rotatable bonds is 12. The molecular formula is C32H38FN3O4S. The van der Waals surface area contributed by atoms with Gasteiger partial charge in [0.25, 0.3) is 10.0 Å². The summed E-state index contributed by atoms with van der Waals surface area (Å²) < 4.78 is 43.6. The molecule has 1 N–H and O–H groups in total. The van der Waals surface area contributed by atoms with Gasteiger partial charge in [-0.05, 0) is 62.4 Å². The second kappa shape index (κ2) is 13.8. The third kappa shape index (κ3) is 7.52. The summed E-state index contributed by atoms with van der Waals surface area (Å²) in [6, 6.07) is 20.5. The summed E-state index contributed by atoms with van der Waals surface area (Å²) in [5, 5.41) is 3.09. The predicted octanol–water partition coefficient (Wildman–Crippen LogP) is 5.24. The van der Waals surface area contributed by atoms with Gasteiger partial charge in [-0.2, -0.15) is 0 Å². The number of hydrogen-bond acceptors (Lipinski definition) is 4. The lowest BCUT2D eigenvalue weighted by Gasteiger charge is -2.33. The van der Waals surface area contributed by atoms with E-state index in [0.717, 1.165) is 47.2 Å². The maximum atomic E-state index is 15.1. The van der Waals surface area contributed by atoms with Gasteiger partial charge in [-0.25, -0.2) is 12.8 Å². The normalized spacial score (nSPS) is 14.4. The molecular weight excluding hydrogens is 541 g/mol. The van der Waals surface area contributed by atoms with Crippen LogP contribution in [-0.2, 0) is 26.0 Å². The fourth-order valence-electron chi connectivity index (χ4n) is 5.27. The lowest BCUT2D eigenvalue weighted by molar-refractivity contribution is -0.139. The Balaban J connectivity index is 1.68. The molecule has 7 nitrogen and oxygen atoms in total. The van der Waals surface area contributed by atoms with Gasteiger partial charge in [-0.15, -0.1) is 0 Å². The van der Waals surface area contributed by atoms with Crippen molar-refractivity contribution in [3.8, 4) is 0 Å². The van der Waals surface area contributed by atoms with E-state index in [-0.39, 0.29) is 29.1 Å². The molecule has 218 valence electrons. The van der Waals surface area contributed by atoms with Crippen LogP contribution < -0.4 is 9.62 Å². The maximum Gasteiger partial charge on any atom is 0.264 e. The molecule has 1 atom stereocenters. The van der Waals surface area contributed by atoms with Crippen molar-refractivity contribution in [2.75, 3.05) is 17.4 Å². The Hall–Kier alpha value is -3.72. The molecule has 0 heterocycles. The first-order chi connectivity index (χ1) is 19.7. The van der Waals surface area contributed by atoms with Crippen molar-refractivity contribution in [2.24, 2.45) is 0 Å². The van der Waals surface area contributed by atoms with Gasteiger partial charge in [0.1, 0.15) is 18.4 Å². The van der Waals surface area contributed by atoms with Crippen LogP contribution in [0.4, 0.5) is 10.1 Å². The van der Waals surface area contributed by atoms with Crippen molar-refractivity contribution in [2.45, 2.75) is 69.4 Å². The summed E-state index contributed by atoms with van der Waals surface area (Å²) in [7, 11) is -4.32. The number of para-hydroxylation sites is 1. The predicted molar refractivity (Wildman–Crippen MR) is 158 cm³/mol. The summed E-state index contributed by atoms with van der Waals surface area (Å²) in [5.74, 6) is -1.59. The van der Waals surface area contributed by atoms with Crippen LogP contribution in [0.5, 0.6) is 0 Å². The van der Waals surface area contributed by atoms with Gasteiger partial charge in [-0.1, -0.05) is 79.9 Å². The van der Waals surface area contributed by atoms with E-state index in [0.29, 0.717) is 12.8 Å². The average molecular weight is 580 g/mol. The van der Waals surface area contributed by atoms with Gasteiger partial charge in [0.15, 0.2) is 0 Å².